The number of ether oxygens (including phenoxy) is 3. The molecule has 1 aromatic heterocycles. The minimum absolute atomic E-state index is 0.0993. The van der Waals surface area contributed by atoms with Crippen molar-refractivity contribution in [1.82, 2.24) is 10.3 Å². The first kappa shape index (κ1) is 25.6. The Bertz CT molecular complexity index is 1150. The number of rotatable bonds is 12. The molecule has 2 aromatic carbocycles. The zero-order valence-electron chi connectivity index (χ0n) is 20.3. The summed E-state index contributed by atoms with van der Waals surface area (Å²) in [5.41, 5.74) is 3.37. The number of aromatic nitrogens is 1. The summed E-state index contributed by atoms with van der Waals surface area (Å²) >= 11 is 0. The topological polar surface area (TPSA) is 98.8 Å². The van der Waals surface area contributed by atoms with Gasteiger partial charge in [-0.2, -0.15) is 0 Å². The number of hydrogen-bond donors (Lipinski definition) is 2. The number of methoxy groups -OCH3 is 2. The van der Waals surface area contributed by atoms with Crippen LogP contribution in [0.2, 0.25) is 0 Å². The standard InChI is InChI=1S/C27H31N3O5/c1-19(31)28-15-6-10-26(32)29-22-8-4-7-21(18-22)23-9-5-11-27(30-23)35-16-14-20-12-13-24(33-2)25(17-20)34-3/h4-5,7-9,11-13,17-18H,6,10,14-16H2,1-3H3,(H,28,31)(H,29,32). The van der Waals surface area contributed by atoms with Gasteiger partial charge in [0, 0.05) is 43.6 Å². The first-order chi connectivity index (χ1) is 17.0. The predicted octanol–water partition coefficient (Wildman–Crippen LogP) is 4.24. The molecule has 0 saturated carbocycles. The van der Waals surface area contributed by atoms with Crippen molar-refractivity contribution in [2.75, 3.05) is 32.7 Å². The van der Waals surface area contributed by atoms with E-state index in [0.717, 1.165) is 16.8 Å². The number of nitrogens with one attached hydrogen (secondary N) is 2. The lowest BCUT2D eigenvalue weighted by molar-refractivity contribution is -0.119. The molecule has 2 amide bonds. The molecule has 0 saturated heterocycles. The Morgan fingerprint density at radius 1 is 0.943 bits per heavy atom. The summed E-state index contributed by atoms with van der Waals surface area (Å²) in [5.74, 6) is 1.70. The number of anilines is 1. The summed E-state index contributed by atoms with van der Waals surface area (Å²) in [6, 6.07) is 18.9. The molecule has 1 heterocycles. The number of pyridine rings is 1. The van der Waals surface area contributed by atoms with Gasteiger partial charge in [0.05, 0.1) is 26.5 Å². The van der Waals surface area contributed by atoms with Crippen LogP contribution in [0.1, 0.15) is 25.3 Å². The molecule has 3 aromatic rings. The summed E-state index contributed by atoms with van der Waals surface area (Å²) in [7, 11) is 3.22. The largest absolute Gasteiger partial charge is 0.493 e. The molecule has 0 fully saturated rings. The third kappa shape index (κ3) is 8.03. The van der Waals surface area contributed by atoms with E-state index in [4.69, 9.17) is 14.2 Å². The van der Waals surface area contributed by atoms with Crippen molar-refractivity contribution in [3.05, 3.63) is 66.2 Å². The molecule has 0 atom stereocenters. The molecule has 8 heteroatoms. The van der Waals surface area contributed by atoms with Crippen molar-refractivity contribution in [2.45, 2.75) is 26.2 Å². The summed E-state index contributed by atoms with van der Waals surface area (Å²) in [6.07, 6.45) is 1.59. The van der Waals surface area contributed by atoms with Gasteiger partial charge in [-0.1, -0.05) is 24.3 Å². The second-order valence-corrected chi connectivity index (χ2v) is 7.86. The van der Waals surface area contributed by atoms with E-state index in [1.807, 2.05) is 60.7 Å². The van der Waals surface area contributed by atoms with E-state index in [2.05, 4.69) is 15.6 Å². The zero-order valence-corrected chi connectivity index (χ0v) is 20.3. The van der Waals surface area contributed by atoms with E-state index in [1.54, 1.807) is 14.2 Å². The Labute approximate surface area is 205 Å². The summed E-state index contributed by atoms with van der Waals surface area (Å²) in [4.78, 5) is 27.7. The molecule has 0 aliphatic carbocycles. The van der Waals surface area contributed by atoms with E-state index in [1.165, 1.54) is 6.92 Å². The number of nitrogens with zero attached hydrogens (tertiary/aromatic N) is 1. The number of amides is 2. The molecule has 0 aliphatic rings. The Balaban J connectivity index is 1.56. The van der Waals surface area contributed by atoms with Gasteiger partial charge in [0.1, 0.15) is 0 Å². The fourth-order valence-corrected chi connectivity index (χ4v) is 3.46. The third-order valence-electron chi connectivity index (χ3n) is 5.21. The minimum Gasteiger partial charge on any atom is -0.493 e. The predicted molar refractivity (Wildman–Crippen MR) is 135 cm³/mol. The molecule has 184 valence electrons. The highest BCUT2D eigenvalue weighted by atomic mass is 16.5. The highest BCUT2D eigenvalue weighted by molar-refractivity contribution is 5.91. The minimum atomic E-state index is -0.104. The summed E-state index contributed by atoms with van der Waals surface area (Å²) in [5, 5.41) is 5.58. The van der Waals surface area contributed by atoms with Gasteiger partial charge in [-0.05, 0) is 42.3 Å². The number of benzene rings is 2. The Kier molecular flexibility index (Phi) is 9.48. The highest BCUT2D eigenvalue weighted by Gasteiger charge is 2.08. The average molecular weight is 478 g/mol. The zero-order chi connectivity index (χ0) is 25.0. The van der Waals surface area contributed by atoms with Gasteiger partial charge in [-0.3, -0.25) is 9.59 Å². The maximum Gasteiger partial charge on any atom is 0.224 e. The monoisotopic (exact) mass is 477 g/mol. The molecular weight excluding hydrogens is 446 g/mol. The molecular formula is C27H31N3O5. The second-order valence-electron chi connectivity index (χ2n) is 7.86. The van der Waals surface area contributed by atoms with Gasteiger partial charge in [0.25, 0.3) is 0 Å². The first-order valence-corrected chi connectivity index (χ1v) is 11.4. The lowest BCUT2D eigenvalue weighted by Crippen LogP contribution is -2.22. The first-order valence-electron chi connectivity index (χ1n) is 11.4. The SMILES string of the molecule is COc1ccc(CCOc2cccc(-c3cccc(NC(=O)CCCNC(C)=O)c3)n2)cc1OC. The van der Waals surface area contributed by atoms with Crippen molar-refractivity contribution in [1.29, 1.82) is 0 Å². The lowest BCUT2D eigenvalue weighted by Gasteiger charge is -2.11. The fraction of sp³-hybridized carbons (Fsp3) is 0.296. The van der Waals surface area contributed by atoms with Crippen molar-refractivity contribution in [3.63, 3.8) is 0 Å². The van der Waals surface area contributed by atoms with Crippen LogP contribution in [-0.4, -0.2) is 44.2 Å². The summed E-state index contributed by atoms with van der Waals surface area (Å²) < 4.78 is 16.5. The number of carbonyl (C=O) groups is 2. The number of carbonyl (C=O) groups excluding carboxylic acids is 2. The van der Waals surface area contributed by atoms with Crippen LogP contribution in [0.4, 0.5) is 5.69 Å². The van der Waals surface area contributed by atoms with Crippen molar-refractivity contribution < 1.29 is 23.8 Å². The van der Waals surface area contributed by atoms with Crippen LogP contribution >= 0.6 is 0 Å². The van der Waals surface area contributed by atoms with Gasteiger partial charge >= 0.3 is 0 Å². The van der Waals surface area contributed by atoms with E-state index >= 15 is 0 Å². The van der Waals surface area contributed by atoms with Gasteiger partial charge in [0.15, 0.2) is 11.5 Å². The van der Waals surface area contributed by atoms with E-state index in [0.29, 0.717) is 55.5 Å². The summed E-state index contributed by atoms with van der Waals surface area (Å²) in [6.45, 7) is 2.39. The van der Waals surface area contributed by atoms with Crippen molar-refractivity contribution >= 4 is 17.5 Å². The van der Waals surface area contributed by atoms with Crippen LogP contribution in [0, 0.1) is 0 Å². The molecule has 3 rings (SSSR count). The smallest absolute Gasteiger partial charge is 0.224 e. The lowest BCUT2D eigenvalue weighted by atomic mass is 10.1. The van der Waals surface area contributed by atoms with Crippen LogP contribution in [0.5, 0.6) is 17.4 Å². The Hall–Kier alpha value is -4.07. The normalized spacial score (nSPS) is 10.4. The molecule has 35 heavy (non-hydrogen) atoms. The van der Waals surface area contributed by atoms with Gasteiger partial charge in [0.2, 0.25) is 17.7 Å². The van der Waals surface area contributed by atoms with Gasteiger partial charge < -0.3 is 24.8 Å². The Morgan fingerprint density at radius 2 is 1.74 bits per heavy atom. The van der Waals surface area contributed by atoms with E-state index < -0.39 is 0 Å². The van der Waals surface area contributed by atoms with Crippen molar-refractivity contribution in [3.8, 4) is 28.6 Å². The van der Waals surface area contributed by atoms with Crippen molar-refractivity contribution in [2.24, 2.45) is 0 Å². The molecule has 0 aliphatic heterocycles. The average Bonchev–Trinajstić information content (AvgIpc) is 2.87. The molecule has 0 spiro atoms. The van der Waals surface area contributed by atoms with E-state index in [9.17, 15) is 9.59 Å². The molecule has 0 unspecified atom stereocenters. The van der Waals surface area contributed by atoms with Crippen LogP contribution in [0.3, 0.4) is 0 Å². The molecule has 8 nitrogen and oxygen atoms in total. The third-order valence-corrected chi connectivity index (χ3v) is 5.21. The quantitative estimate of drug-likeness (QED) is 0.379. The van der Waals surface area contributed by atoms with Crippen LogP contribution in [-0.2, 0) is 16.0 Å². The van der Waals surface area contributed by atoms with Crippen LogP contribution in [0.25, 0.3) is 11.3 Å². The second kappa shape index (κ2) is 13.0. The maximum atomic E-state index is 12.2. The van der Waals surface area contributed by atoms with Gasteiger partial charge in [-0.25, -0.2) is 4.98 Å². The molecule has 2 N–H and O–H groups in total. The fourth-order valence-electron chi connectivity index (χ4n) is 3.46. The molecule has 0 bridgehead atoms. The highest BCUT2D eigenvalue weighted by Crippen LogP contribution is 2.28. The van der Waals surface area contributed by atoms with Crippen LogP contribution in [0.15, 0.2) is 60.7 Å². The number of hydrogen-bond acceptors (Lipinski definition) is 6. The molecule has 0 radical (unpaired) electrons. The van der Waals surface area contributed by atoms with E-state index in [-0.39, 0.29) is 11.8 Å². The van der Waals surface area contributed by atoms with Crippen LogP contribution < -0.4 is 24.8 Å². The maximum absolute atomic E-state index is 12.2. The van der Waals surface area contributed by atoms with Gasteiger partial charge in [-0.15, -0.1) is 0 Å². The Morgan fingerprint density at radius 3 is 2.51 bits per heavy atom.